The first kappa shape index (κ1) is 16.2. The van der Waals surface area contributed by atoms with Gasteiger partial charge in [-0.15, -0.1) is 0 Å². The molecule has 2 rings (SSSR count). The Morgan fingerprint density at radius 1 is 1.38 bits per heavy atom. The lowest BCUT2D eigenvalue weighted by atomic mass is 10.1. The lowest BCUT2D eigenvalue weighted by molar-refractivity contribution is -0.157. The molecule has 0 aromatic rings. The summed E-state index contributed by atoms with van der Waals surface area (Å²) in [5, 5.41) is 8.83. The van der Waals surface area contributed by atoms with Crippen molar-refractivity contribution < 1.29 is 24.2 Å². The summed E-state index contributed by atoms with van der Waals surface area (Å²) in [6, 6.07) is 0. The Balaban J connectivity index is 1.88. The lowest BCUT2D eigenvalue weighted by Crippen LogP contribution is -2.50. The van der Waals surface area contributed by atoms with Gasteiger partial charge in [0.15, 0.2) is 0 Å². The molecule has 0 bridgehead atoms. The van der Waals surface area contributed by atoms with Crippen LogP contribution < -0.4 is 0 Å². The second-order valence-electron chi connectivity index (χ2n) is 5.81. The molecule has 0 aromatic carbocycles. The number of carboxylic acids is 1. The summed E-state index contributed by atoms with van der Waals surface area (Å²) < 4.78 is 11.3. The van der Waals surface area contributed by atoms with Gasteiger partial charge >= 0.3 is 5.97 Å². The first-order valence-electron chi connectivity index (χ1n) is 7.87. The molecule has 1 N–H and O–H groups in total. The van der Waals surface area contributed by atoms with Gasteiger partial charge in [0.05, 0.1) is 25.2 Å². The molecule has 0 unspecified atom stereocenters. The number of morpholine rings is 1. The maximum Gasteiger partial charge on any atom is 0.306 e. The fraction of sp³-hybridized carbons (Fsp3) is 0.867. The van der Waals surface area contributed by atoms with Gasteiger partial charge < -0.3 is 19.5 Å². The van der Waals surface area contributed by atoms with Crippen molar-refractivity contribution in [3.8, 4) is 0 Å². The number of carbonyl (C=O) groups excluding carboxylic acids is 1. The van der Waals surface area contributed by atoms with E-state index in [0.717, 1.165) is 12.8 Å². The summed E-state index contributed by atoms with van der Waals surface area (Å²) in [5.41, 5.74) is 0. The third kappa shape index (κ3) is 4.68. The summed E-state index contributed by atoms with van der Waals surface area (Å²) in [4.78, 5) is 25.0. The van der Waals surface area contributed by atoms with E-state index in [4.69, 9.17) is 14.6 Å². The number of aliphatic carboxylic acids is 1. The molecular weight excluding hydrogens is 274 g/mol. The highest BCUT2D eigenvalue weighted by atomic mass is 16.5. The standard InChI is InChI=1S/C15H25NO5/c1-2-13(21-11-5-3-4-6-11)15(19)16-7-8-20-12(10-16)9-14(17)18/h11-13H,2-10H2,1H3,(H,17,18)/t12-,13-/m1/s1. The zero-order valence-electron chi connectivity index (χ0n) is 12.6. The molecule has 0 spiro atoms. The largest absolute Gasteiger partial charge is 0.481 e. The zero-order valence-corrected chi connectivity index (χ0v) is 12.6. The van der Waals surface area contributed by atoms with Crippen LogP contribution in [0.15, 0.2) is 0 Å². The van der Waals surface area contributed by atoms with Crippen molar-refractivity contribution in [2.75, 3.05) is 19.7 Å². The topological polar surface area (TPSA) is 76.1 Å². The lowest BCUT2D eigenvalue weighted by Gasteiger charge is -2.35. The number of ether oxygens (including phenoxy) is 2. The Morgan fingerprint density at radius 2 is 2.10 bits per heavy atom. The Bertz CT molecular complexity index is 367. The van der Waals surface area contributed by atoms with Crippen LogP contribution in [0.25, 0.3) is 0 Å². The smallest absolute Gasteiger partial charge is 0.306 e. The molecule has 2 atom stereocenters. The molecule has 1 saturated heterocycles. The number of amides is 1. The average molecular weight is 299 g/mol. The van der Waals surface area contributed by atoms with Gasteiger partial charge in [-0.25, -0.2) is 0 Å². The highest BCUT2D eigenvalue weighted by Gasteiger charge is 2.31. The van der Waals surface area contributed by atoms with E-state index in [0.29, 0.717) is 26.1 Å². The summed E-state index contributed by atoms with van der Waals surface area (Å²) in [7, 11) is 0. The van der Waals surface area contributed by atoms with E-state index in [1.54, 1.807) is 4.90 Å². The van der Waals surface area contributed by atoms with Crippen molar-refractivity contribution >= 4 is 11.9 Å². The predicted molar refractivity (Wildman–Crippen MR) is 76.0 cm³/mol. The minimum absolute atomic E-state index is 0.0249. The summed E-state index contributed by atoms with van der Waals surface area (Å²) in [5.74, 6) is -0.924. The Labute approximate surface area is 125 Å². The number of carbonyl (C=O) groups is 2. The van der Waals surface area contributed by atoms with Crippen LogP contribution in [-0.2, 0) is 19.1 Å². The van der Waals surface area contributed by atoms with Gasteiger partial charge in [0.25, 0.3) is 5.91 Å². The van der Waals surface area contributed by atoms with Crippen molar-refractivity contribution in [3.63, 3.8) is 0 Å². The molecule has 21 heavy (non-hydrogen) atoms. The average Bonchev–Trinajstić information content (AvgIpc) is 2.96. The quantitative estimate of drug-likeness (QED) is 0.803. The van der Waals surface area contributed by atoms with E-state index < -0.39 is 18.2 Å². The van der Waals surface area contributed by atoms with E-state index in [1.807, 2.05) is 6.92 Å². The number of hydrogen-bond acceptors (Lipinski definition) is 4. The van der Waals surface area contributed by atoms with E-state index in [-0.39, 0.29) is 18.4 Å². The minimum atomic E-state index is -0.899. The van der Waals surface area contributed by atoms with E-state index in [1.165, 1.54) is 12.8 Å². The van der Waals surface area contributed by atoms with Crippen LogP contribution >= 0.6 is 0 Å². The monoisotopic (exact) mass is 299 g/mol. The molecular formula is C15H25NO5. The Morgan fingerprint density at radius 3 is 2.71 bits per heavy atom. The first-order valence-corrected chi connectivity index (χ1v) is 7.87. The number of nitrogens with zero attached hydrogens (tertiary/aromatic N) is 1. The zero-order chi connectivity index (χ0) is 15.2. The third-order valence-electron chi connectivity index (χ3n) is 4.16. The fourth-order valence-electron chi connectivity index (χ4n) is 3.03. The summed E-state index contributed by atoms with van der Waals surface area (Å²) in [6.07, 6.45) is 4.39. The van der Waals surface area contributed by atoms with Crippen LogP contribution in [0.1, 0.15) is 45.4 Å². The van der Waals surface area contributed by atoms with Crippen LogP contribution in [-0.4, -0.2) is 59.9 Å². The van der Waals surface area contributed by atoms with Crippen LogP contribution in [0, 0.1) is 0 Å². The van der Waals surface area contributed by atoms with Crippen molar-refractivity contribution in [2.24, 2.45) is 0 Å². The molecule has 120 valence electrons. The van der Waals surface area contributed by atoms with Crippen LogP contribution in [0.2, 0.25) is 0 Å². The molecule has 1 heterocycles. The van der Waals surface area contributed by atoms with Crippen molar-refractivity contribution in [1.29, 1.82) is 0 Å². The van der Waals surface area contributed by atoms with Crippen molar-refractivity contribution in [1.82, 2.24) is 4.90 Å². The molecule has 1 amide bonds. The number of carboxylic acid groups (broad SMARTS) is 1. The van der Waals surface area contributed by atoms with Gasteiger partial charge in [0, 0.05) is 13.1 Å². The van der Waals surface area contributed by atoms with E-state index >= 15 is 0 Å². The molecule has 2 aliphatic rings. The second-order valence-corrected chi connectivity index (χ2v) is 5.81. The van der Waals surface area contributed by atoms with Gasteiger partial charge in [-0.05, 0) is 19.3 Å². The highest BCUT2D eigenvalue weighted by Crippen LogP contribution is 2.24. The molecule has 1 aliphatic carbocycles. The van der Waals surface area contributed by atoms with Gasteiger partial charge in [-0.3, -0.25) is 9.59 Å². The normalized spacial score (nSPS) is 25.0. The van der Waals surface area contributed by atoms with Gasteiger partial charge in [0.2, 0.25) is 0 Å². The SMILES string of the molecule is CC[C@@H](OC1CCCC1)C(=O)N1CCO[C@H](CC(=O)O)C1. The first-order chi connectivity index (χ1) is 10.1. The fourth-order valence-corrected chi connectivity index (χ4v) is 3.03. The summed E-state index contributed by atoms with van der Waals surface area (Å²) >= 11 is 0. The molecule has 0 aromatic heterocycles. The Hall–Kier alpha value is -1.14. The van der Waals surface area contributed by atoms with Crippen LogP contribution in [0.3, 0.4) is 0 Å². The third-order valence-corrected chi connectivity index (χ3v) is 4.16. The van der Waals surface area contributed by atoms with Gasteiger partial charge in [0.1, 0.15) is 6.10 Å². The van der Waals surface area contributed by atoms with Gasteiger partial charge in [-0.1, -0.05) is 19.8 Å². The van der Waals surface area contributed by atoms with Crippen LogP contribution in [0.4, 0.5) is 0 Å². The molecule has 2 fully saturated rings. The van der Waals surface area contributed by atoms with E-state index in [2.05, 4.69) is 0 Å². The Kier molecular flexibility index (Phi) is 5.99. The molecule has 1 saturated carbocycles. The number of rotatable bonds is 6. The molecule has 6 heteroatoms. The van der Waals surface area contributed by atoms with E-state index in [9.17, 15) is 9.59 Å². The van der Waals surface area contributed by atoms with Crippen molar-refractivity contribution in [3.05, 3.63) is 0 Å². The van der Waals surface area contributed by atoms with Crippen LogP contribution in [0.5, 0.6) is 0 Å². The van der Waals surface area contributed by atoms with Gasteiger partial charge in [-0.2, -0.15) is 0 Å². The molecule has 0 radical (unpaired) electrons. The maximum absolute atomic E-state index is 12.5. The van der Waals surface area contributed by atoms with Crippen molar-refractivity contribution in [2.45, 2.75) is 63.8 Å². The maximum atomic E-state index is 12.5. The molecule has 6 nitrogen and oxygen atoms in total. The number of hydrogen-bond donors (Lipinski definition) is 1. The summed E-state index contributed by atoms with van der Waals surface area (Å²) in [6.45, 7) is 3.20. The predicted octanol–water partition coefficient (Wildman–Crippen LogP) is 1.43. The minimum Gasteiger partial charge on any atom is -0.481 e. The molecule has 1 aliphatic heterocycles. The second kappa shape index (κ2) is 7.75. The highest BCUT2D eigenvalue weighted by molar-refractivity contribution is 5.81.